The number of rotatable bonds is 5. The van der Waals surface area contributed by atoms with Crippen molar-refractivity contribution in [3.05, 3.63) is 64.2 Å². The third-order valence-corrected chi connectivity index (χ3v) is 7.82. The van der Waals surface area contributed by atoms with Crippen LogP contribution in [0.15, 0.2) is 53.4 Å². The SMILES string of the molecule is O=[N+]([O-])c1cc(S(=O)(=O)N2CCCCCC2)ccc1N1CCO[C@H](c2ccccc2)C1. The first-order valence-corrected chi connectivity index (χ1v) is 12.1. The van der Waals surface area contributed by atoms with Gasteiger partial charge in [-0.25, -0.2) is 8.42 Å². The lowest BCUT2D eigenvalue weighted by Crippen LogP contribution is -2.38. The van der Waals surface area contributed by atoms with Crippen LogP contribution in [-0.4, -0.2) is 50.4 Å². The Morgan fingerprint density at radius 3 is 2.35 bits per heavy atom. The molecule has 8 nitrogen and oxygen atoms in total. The summed E-state index contributed by atoms with van der Waals surface area (Å²) in [4.78, 5) is 13.3. The molecule has 0 unspecified atom stereocenters. The van der Waals surface area contributed by atoms with Gasteiger partial charge in [0.2, 0.25) is 10.0 Å². The molecule has 0 aliphatic carbocycles. The number of nitro groups is 1. The summed E-state index contributed by atoms with van der Waals surface area (Å²) in [6.45, 7) is 2.32. The maximum atomic E-state index is 13.1. The predicted octanol–water partition coefficient (Wildman–Crippen LogP) is 3.74. The molecule has 166 valence electrons. The summed E-state index contributed by atoms with van der Waals surface area (Å²) in [6, 6.07) is 14.0. The first-order valence-electron chi connectivity index (χ1n) is 10.7. The van der Waals surface area contributed by atoms with Crippen molar-refractivity contribution in [3.8, 4) is 0 Å². The van der Waals surface area contributed by atoms with Gasteiger partial charge in [-0.15, -0.1) is 0 Å². The van der Waals surface area contributed by atoms with E-state index < -0.39 is 14.9 Å². The van der Waals surface area contributed by atoms with Crippen molar-refractivity contribution >= 4 is 21.4 Å². The van der Waals surface area contributed by atoms with Gasteiger partial charge in [-0.2, -0.15) is 4.31 Å². The van der Waals surface area contributed by atoms with E-state index in [1.165, 1.54) is 16.4 Å². The molecule has 0 amide bonds. The summed E-state index contributed by atoms with van der Waals surface area (Å²) in [5, 5.41) is 11.9. The number of ether oxygens (including phenoxy) is 1. The number of hydrogen-bond donors (Lipinski definition) is 0. The fraction of sp³-hybridized carbons (Fsp3) is 0.455. The quantitative estimate of drug-likeness (QED) is 0.514. The average Bonchev–Trinajstić information content (AvgIpc) is 3.09. The summed E-state index contributed by atoms with van der Waals surface area (Å²) in [5.74, 6) is 0. The lowest BCUT2D eigenvalue weighted by molar-refractivity contribution is -0.384. The number of benzene rings is 2. The van der Waals surface area contributed by atoms with Gasteiger partial charge in [0.05, 0.1) is 16.4 Å². The van der Waals surface area contributed by atoms with Crippen molar-refractivity contribution in [2.24, 2.45) is 0 Å². The molecule has 9 heteroatoms. The average molecular weight is 446 g/mol. The highest BCUT2D eigenvalue weighted by Gasteiger charge is 2.31. The zero-order valence-corrected chi connectivity index (χ0v) is 18.2. The molecular formula is C22H27N3O5S. The van der Waals surface area contributed by atoms with Gasteiger partial charge >= 0.3 is 0 Å². The van der Waals surface area contributed by atoms with E-state index in [0.29, 0.717) is 38.5 Å². The normalized spacial score (nSPS) is 20.9. The highest BCUT2D eigenvalue weighted by Crippen LogP contribution is 2.35. The number of anilines is 1. The maximum absolute atomic E-state index is 13.1. The predicted molar refractivity (Wildman–Crippen MR) is 118 cm³/mol. The first-order chi connectivity index (χ1) is 15.0. The number of sulfonamides is 1. The van der Waals surface area contributed by atoms with Crippen LogP contribution in [0.5, 0.6) is 0 Å². The molecule has 31 heavy (non-hydrogen) atoms. The second kappa shape index (κ2) is 9.33. The van der Waals surface area contributed by atoms with E-state index in [4.69, 9.17) is 4.74 Å². The molecule has 2 aliphatic heterocycles. The molecule has 0 N–H and O–H groups in total. The zero-order chi connectivity index (χ0) is 21.8. The van der Waals surface area contributed by atoms with Crippen molar-refractivity contribution in [1.82, 2.24) is 4.31 Å². The number of morpholine rings is 1. The van der Waals surface area contributed by atoms with Crippen molar-refractivity contribution in [2.75, 3.05) is 37.7 Å². The molecule has 0 saturated carbocycles. The standard InChI is InChI=1S/C22H27N3O5S/c26-25(27)21-16-19(31(28,29)24-12-6-1-2-7-13-24)10-11-20(21)23-14-15-30-22(17-23)18-8-4-3-5-9-18/h3-5,8-11,16,22H,1-2,6-7,12-15,17H2/t22-/m0/s1. The van der Waals surface area contributed by atoms with Crippen LogP contribution in [0.25, 0.3) is 0 Å². The second-order valence-corrected chi connectivity index (χ2v) is 9.88. The molecule has 0 radical (unpaired) electrons. The molecule has 2 aliphatic rings. The van der Waals surface area contributed by atoms with E-state index in [-0.39, 0.29) is 16.7 Å². The summed E-state index contributed by atoms with van der Waals surface area (Å²) >= 11 is 0. The van der Waals surface area contributed by atoms with Gasteiger partial charge in [0.25, 0.3) is 5.69 Å². The highest BCUT2D eigenvalue weighted by molar-refractivity contribution is 7.89. The lowest BCUT2D eigenvalue weighted by Gasteiger charge is -2.34. The van der Waals surface area contributed by atoms with E-state index in [1.54, 1.807) is 6.07 Å². The molecule has 4 rings (SSSR count). The second-order valence-electron chi connectivity index (χ2n) is 7.94. The monoisotopic (exact) mass is 445 g/mol. The van der Waals surface area contributed by atoms with Crippen molar-refractivity contribution in [3.63, 3.8) is 0 Å². The van der Waals surface area contributed by atoms with Crippen LogP contribution in [0.1, 0.15) is 37.4 Å². The van der Waals surface area contributed by atoms with Crippen LogP contribution in [0.4, 0.5) is 11.4 Å². The van der Waals surface area contributed by atoms with E-state index in [2.05, 4.69) is 0 Å². The third-order valence-electron chi connectivity index (χ3n) is 5.92. The Bertz CT molecular complexity index is 1020. The number of hydrogen-bond acceptors (Lipinski definition) is 6. The Morgan fingerprint density at radius 2 is 1.68 bits per heavy atom. The van der Waals surface area contributed by atoms with Gasteiger partial charge in [0, 0.05) is 32.2 Å². The fourth-order valence-corrected chi connectivity index (χ4v) is 5.78. The Kier molecular flexibility index (Phi) is 6.54. The van der Waals surface area contributed by atoms with Crippen molar-refractivity contribution in [1.29, 1.82) is 0 Å². The minimum Gasteiger partial charge on any atom is -0.370 e. The van der Waals surface area contributed by atoms with Crippen molar-refractivity contribution in [2.45, 2.75) is 36.7 Å². The molecule has 2 saturated heterocycles. The third kappa shape index (κ3) is 4.73. The maximum Gasteiger partial charge on any atom is 0.293 e. The van der Waals surface area contributed by atoms with Crippen LogP contribution in [0.2, 0.25) is 0 Å². The topological polar surface area (TPSA) is 93.0 Å². The first kappa shape index (κ1) is 21.7. The van der Waals surface area contributed by atoms with E-state index in [9.17, 15) is 18.5 Å². The lowest BCUT2D eigenvalue weighted by atomic mass is 10.1. The summed E-state index contributed by atoms with van der Waals surface area (Å²) in [6.07, 6.45) is 3.44. The highest BCUT2D eigenvalue weighted by atomic mass is 32.2. The van der Waals surface area contributed by atoms with Crippen LogP contribution in [0, 0.1) is 10.1 Å². The molecule has 0 aromatic heterocycles. The van der Waals surface area contributed by atoms with Gasteiger partial charge in [0.15, 0.2) is 0 Å². The molecule has 2 fully saturated rings. The van der Waals surface area contributed by atoms with Crippen LogP contribution in [0.3, 0.4) is 0 Å². The molecular weight excluding hydrogens is 418 g/mol. The number of nitro benzene ring substituents is 1. The van der Waals surface area contributed by atoms with E-state index in [1.807, 2.05) is 35.2 Å². The molecule has 0 bridgehead atoms. The Morgan fingerprint density at radius 1 is 0.968 bits per heavy atom. The summed E-state index contributed by atoms with van der Waals surface area (Å²) in [5.41, 5.74) is 1.24. The van der Waals surface area contributed by atoms with Gasteiger partial charge in [0.1, 0.15) is 11.8 Å². The van der Waals surface area contributed by atoms with Crippen LogP contribution < -0.4 is 4.90 Å². The minimum absolute atomic E-state index is 0.0160. The molecule has 0 spiro atoms. The van der Waals surface area contributed by atoms with Gasteiger partial charge in [-0.3, -0.25) is 10.1 Å². The van der Waals surface area contributed by atoms with Gasteiger partial charge in [-0.05, 0) is 30.5 Å². The zero-order valence-electron chi connectivity index (χ0n) is 17.4. The fourth-order valence-electron chi connectivity index (χ4n) is 4.25. The Hall–Kier alpha value is -2.49. The van der Waals surface area contributed by atoms with Crippen LogP contribution >= 0.6 is 0 Å². The summed E-state index contributed by atoms with van der Waals surface area (Å²) in [7, 11) is -3.76. The number of nitrogens with zero attached hydrogens (tertiary/aromatic N) is 3. The molecule has 2 heterocycles. The smallest absolute Gasteiger partial charge is 0.293 e. The molecule has 1 atom stereocenters. The van der Waals surface area contributed by atoms with E-state index in [0.717, 1.165) is 31.2 Å². The molecule has 2 aromatic rings. The Labute approximate surface area is 182 Å². The van der Waals surface area contributed by atoms with E-state index >= 15 is 0 Å². The van der Waals surface area contributed by atoms with Gasteiger partial charge < -0.3 is 9.64 Å². The largest absolute Gasteiger partial charge is 0.370 e. The Balaban J connectivity index is 1.62. The molecule has 2 aromatic carbocycles. The van der Waals surface area contributed by atoms with Crippen LogP contribution in [-0.2, 0) is 14.8 Å². The van der Waals surface area contributed by atoms with Gasteiger partial charge in [-0.1, -0.05) is 43.2 Å². The summed E-state index contributed by atoms with van der Waals surface area (Å²) < 4.78 is 33.5. The van der Waals surface area contributed by atoms with Crippen molar-refractivity contribution < 1.29 is 18.1 Å². The minimum atomic E-state index is -3.76.